The molecule has 0 aliphatic carbocycles. The first-order valence-corrected chi connectivity index (χ1v) is 9.99. The van der Waals surface area contributed by atoms with Crippen molar-refractivity contribution in [1.29, 1.82) is 0 Å². The van der Waals surface area contributed by atoms with Gasteiger partial charge in [-0.15, -0.1) is 0 Å². The Bertz CT molecular complexity index is 1170. The lowest BCUT2D eigenvalue weighted by Crippen LogP contribution is -2.29. The lowest BCUT2D eigenvalue weighted by molar-refractivity contribution is -0.140. The number of Topliss-reactive ketones (excluding diaryl/α,β-unsaturated/α-hetero) is 1. The molecule has 1 N–H and O–H groups in total. The van der Waals surface area contributed by atoms with Gasteiger partial charge in [0, 0.05) is 18.9 Å². The van der Waals surface area contributed by atoms with Crippen LogP contribution in [0.15, 0.2) is 78.6 Å². The zero-order valence-electron chi connectivity index (χ0n) is 17.7. The van der Waals surface area contributed by atoms with Gasteiger partial charge in [-0.3, -0.25) is 14.6 Å². The van der Waals surface area contributed by atoms with Crippen LogP contribution in [0, 0.1) is 0 Å². The van der Waals surface area contributed by atoms with Crippen molar-refractivity contribution >= 4 is 17.4 Å². The molecular formula is C25H22N2O5. The Morgan fingerprint density at radius 3 is 2.41 bits per heavy atom. The van der Waals surface area contributed by atoms with Gasteiger partial charge in [0.25, 0.3) is 11.7 Å². The minimum Gasteiger partial charge on any atom is -0.507 e. The molecule has 2 aromatic carbocycles. The van der Waals surface area contributed by atoms with Gasteiger partial charge in [0.2, 0.25) is 0 Å². The summed E-state index contributed by atoms with van der Waals surface area (Å²) in [6.45, 7) is 0.177. The Morgan fingerprint density at radius 2 is 1.75 bits per heavy atom. The molecule has 0 spiro atoms. The van der Waals surface area contributed by atoms with E-state index >= 15 is 0 Å². The number of rotatable bonds is 6. The maximum Gasteiger partial charge on any atom is 0.295 e. The van der Waals surface area contributed by atoms with Gasteiger partial charge in [-0.1, -0.05) is 30.3 Å². The normalized spacial score (nSPS) is 17.4. The van der Waals surface area contributed by atoms with Crippen molar-refractivity contribution in [3.63, 3.8) is 0 Å². The molecule has 32 heavy (non-hydrogen) atoms. The molecule has 1 aromatic heterocycles. The monoisotopic (exact) mass is 430 g/mol. The molecule has 1 unspecified atom stereocenters. The quantitative estimate of drug-likeness (QED) is 0.364. The lowest BCUT2D eigenvalue weighted by atomic mass is 9.96. The molecule has 0 radical (unpaired) electrons. The van der Waals surface area contributed by atoms with E-state index < -0.39 is 17.7 Å². The summed E-state index contributed by atoms with van der Waals surface area (Å²) in [7, 11) is 3.06. The maximum absolute atomic E-state index is 13.1. The number of benzene rings is 2. The molecule has 0 saturated carbocycles. The first-order valence-electron chi connectivity index (χ1n) is 9.99. The largest absolute Gasteiger partial charge is 0.507 e. The molecule has 162 valence electrons. The number of carbonyl (C=O) groups excluding carboxylic acids is 2. The molecular weight excluding hydrogens is 408 g/mol. The van der Waals surface area contributed by atoms with Gasteiger partial charge in [-0.05, 0) is 41.5 Å². The van der Waals surface area contributed by atoms with Crippen molar-refractivity contribution in [2.75, 3.05) is 14.2 Å². The van der Waals surface area contributed by atoms with Gasteiger partial charge in [-0.2, -0.15) is 0 Å². The number of hydrogen-bond donors (Lipinski definition) is 1. The van der Waals surface area contributed by atoms with Crippen LogP contribution in [0.4, 0.5) is 0 Å². The Balaban J connectivity index is 1.84. The highest BCUT2D eigenvalue weighted by Gasteiger charge is 2.46. The number of hydrogen-bond acceptors (Lipinski definition) is 6. The number of aliphatic hydroxyl groups is 1. The topological polar surface area (TPSA) is 89.0 Å². The molecule has 1 aliphatic rings. The summed E-state index contributed by atoms with van der Waals surface area (Å²) in [4.78, 5) is 31.8. The number of amides is 1. The SMILES string of the molecule is COc1ccc(CN2C(=O)C(=O)/C(=C(\O)c3ccccc3OC)C2c2cccnc2)cc1. The molecule has 0 bridgehead atoms. The van der Waals surface area contributed by atoms with Gasteiger partial charge < -0.3 is 19.5 Å². The first-order chi connectivity index (χ1) is 15.5. The second kappa shape index (κ2) is 8.93. The molecule has 1 fully saturated rings. The highest BCUT2D eigenvalue weighted by atomic mass is 16.5. The second-order valence-electron chi connectivity index (χ2n) is 7.26. The number of nitrogens with zero attached hydrogens (tertiary/aromatic N) is 2. The Morgan fingerprint density at radius 1 is 1.00 bits per heavy atom. The summed E-state index contributed by atoms with van der Waals surface area (Å²) >= 11 is 0. The van der Waals surface area contributed by atoms with Gasteiger partial charge in [0.1, 0.15) is 17.3 Å². The fraction of sp³-hybridized carbons (Fsp3) is 0.160. The molecule has 3 aromatic rings. The van der Waals surface area contributed by atoms with Crippen LogP contribution in [-0.2, 0) is 16.1 Å². The van der Waals surface area contributed by atoms with Gasteiger partial charge in [-0.25, -0.2) is 0 Å². The van der Waals surface area contributed by atoms with Crippen LogP contribution in [0.1, 0.15) is 22.7 Å². The zero-order chi connectivity index (χ0) is 22.7. The number of aromatic nitrogens is 1. The molecule has 1 aliphatic heterocycles. The number of ether oxygens (including phenoxy) is 2. The van der Waals surface area contributed by atoms with Crippen LogP contribution in [0.25, 0.3) is 5.76 Å². The molecule has 1 saturated heterocycles. The summed E-state index contributed by atoms with van der Waals surface area (Å²) in [5.41, 5.74) is 1.78. The predicted octanol–water partition coefficient (Wildman–Crippen LogP) is 3.72. The average Bonchev–Trinajstić information content (AvgIpc) is 3.09. The standard InChI is InChI=1S/C25H22N2O5/c1-31-18-11-9-16(10-12-18)15-27-22(17-6-5-13-26-14-17)21(24(29)25(27)30)23(28)19-7-3-4-8-20(19)32-2/h3-14,22,28H,15H2,1-2H3/b23-21-. The molecule has 2 heterocycles. The molecule has 1 atom stereocenters. The van der Waals surface area contributed by atoms with E-state index in [1.807, 2.05) is 12.1 Å². The van der Waals surface area contributed by atoms with Crippen molar-refractivity contribution in [2.45, 2.75) is 12.6 Å². The number of ketones is 1. The first kappa shape index (κ1) is 21.1. The number of pyridine rings is 1. The number of likely N-dealkylation sites (tertiary alicyclic amines) is 1. The average molecular weight is 430 g/mol. The van der Waals surface area contributed by atoms with E-state index in [4.69, 9.17) is 9.47 Å². The molecule has 7 heteroatoms. The summed E-state index contributed by atoms with van der Waals surface area (Å²) in [5.74, 6) is -0.638. The van der Waals surface area contributed by atoms with Crippen LogP contribution in [0.3, 0.4) is 0 Å². The van der Waals surface area contributed by atoms with E-state index in [0.29, 0.717) is 22.6 Å². The smallest absolute Gasteiger partial charge is 0.295 e. The Kier molecular flexibility index (Phi) is 5.89. The Labute approximate surface area is 185 Å². The van der Waals surface area contributed by atoms with E-state index in [1.165, 1.54) is 12.0 Å². The molecule has 4 rings (SSSR count). The van der Waals surface area contributed by atoms with Gasteiger partial charge in [0.05, 0.1) is 31.4 Å². The van der Waals surface area contributed by atoms with E-state index in [9.17, 15) is 14.7 Å². The van der Waals surface area contributed by atoms with E-state index in [-0.39, 0.29) is 17.9 Å². The third-order valence-electron chi connectivity index (χ3n) is 5.41. The van der Waals surface area contributed by atoms with Crippen LogP contribution in [-0.4, -0.2) is 40.9 Å². The number of carbonyl (C=O) groups is 2. The van der Waals surface area contributed by atoms with Crippen LogP contribution in [0.2, 0.25) is 0 Å². The minimum absolute atomic E-state index is 0.000937. The third kappa shape index (κ3) is 3.80. The number of aliphatic hydroxyl groups excluding tert-OH is 1. The van der Waals surface area contributed by atoms with E-state index in [2.05, 4.69) is 4.98 Å². The van der Waals surface area contributed by atoms with E-state index in [1.54, 1.807) is 68.0 Å². The van der Waals surface area contributed by atoms with Crippen molar-refractivity contribution in [3.05, 3.63) is 95.3 Å². The molecule has 7 nitrogen and oxygen atoms in total. The highest BCUT2D eigenvalue weighted by molar-refractivity contribution is 6.46. The zero-order valence-corrected chi connectivity index (χ0v) is 17.7. The van der Waals surface area contributed by atoms with Crippen LogP contribution < -0.4 is 9.47 Å². The van der Waals surface area contributed by atoms with Crippen molar-refractivity contribution in [3.8, 4) is 11.5 Å². The van der Waals surface area contributed by atoms with Gasteiger partial charge >= 0.3 is 0 Å². The fourth-order valence-corrected chi connectivity index (χ4v) is 3.84. The summed E-state index contributed by atoms with van der Waals surface area (Å²) in [6, 6.07) is 16.8. The summed E-state index contributed by atoms with van der Waals surface area (Å²) < 4.78 is 10.5. The highest BCUT2D eigenvalue weighted by Crippen LogP contribution is 2.41. The Hall–Kier alpha value is -4.13. The van der Waals surface area contributed by atoms with Crippen LogP contribution in [0.5, 0.6) is 11.5 Å². The van der Waals surface area contributed by atoms with Gasteiger partial charge in [0.15, 0.2) is 0 Å². The fourth-order valence-electron chi connectivity index (χ4n) is 3.84. The predicted molar refractivity (Wildman–Crippen MR) is 118 cm³/mol. The number of methoxy groups -OCH3 is 2. The third-order valence-corrected chi connectivity index (χ3v) is 5.41. The van der Waals surface area contributed by atoms with Crippen molar-refractivity contribution in [2.24, 2.45) is 0 Å². The van der Waals surface area contributed by atoms with Crippen molar-refractivity contribution in [1.82, 2.24) is 9.88 Å². The van der Waals surface area contributed by atoms with E-state index in [0.717, 1.165) is 5.56 Å². The van der Waals surface area contributed by atoms with Crippen molar-refractivity contribution < 1.29 is 24.2 Å². The summed E-state index contributed by atoms with van der Waals surface area (Å²) in [6.07, 6.45) is 3.20. The number of para-hydroxylation sites is 1. The molecule has 1 amide bonds. The van der Waals surface area contributed by atoms with Crippen LogP contribution >= 0.6 is 0 Å². The summed E-state index contributed by atoms with van der Waals surface area (Å²) in [5, 5.41) is 11.2. The second-order valence-corrected chi connectivity index (χ2v) is 7.26. The minimum atomic E-state index is -0.796. The maximum atomic E-state index is 13.1. The lowest BCUT2D eigenvalue weighted by Gasteiger charge is -2.25.